The van der Waals surface area contributed by atoms with Gasteiger partial charge in [0.05, 0.1) is 7.11 Å². The zero-order valence-electron chi connectivity index (χ0n) is 21.5. The third-order valence-corrected chi connectivity index (χ3v) is 6.32. The van der Waals surface area contributed by atoms with Gasteiger partial charge in [-0.2, -0.15) is 0 Å². The summed E-state index contributed by atoms with van der Waals surface area (Å²) in [6.45, 7) is 8.32. The fourth-order valence-electron chi connectivity index (χ4n) is 4.48. The Morgan fingerprint density at radius 2 is 1.23 bits per heavy atom. The van der Waals surface area contributed by atoms with Crippen molar-refractivity contribution >= 4 is 11.8 Å². The van der Waals surface area contributed by atoms with E-state index in [1.54, 1.807) is 14.2 Å². The third-order valence-electron chi connectivity index (χ3n) is 6.32. The first-order chi connectivity index (χ1) is 16.8. The minimum atomic E-state index is -0.801. The van der Waals surface area contributed by atoms with E-state index in [0.717, 1.165) is 28.0 Å². The number of hydrogen-bond acceptors (Lipinski definition) is 3. The van der Waals surface area contributed by atoms with Gasteiger partial charge in [0.15, 0.2) is 0 Å². The summed E-state index contributed by atoms with van der Waals surface area (Å²) in [5.41, 5.74) is 4.37. The number of likely N-dealkylation sites (N-methyl/N-ethyl adjacent to an activating group) is 1. The van der Waals surface area contributed by atoms with Crippen LogP contribution in [0.3, 0.4) is 0 Å². The molecule has 5 nitrogen and oxygen atoms in total. The molecule has 35 heavy (non-hydrogen) atoms. The van der Waals surface area contributed by atoms with Crippen LogP contribution in [-0.2, 0) is 4.79 Å². The van der Waals surface area contributed by atoms with Crippen LogP contribution in [0.2, 0.25) is 0 Å². The zero-order valence-corrected chi connectivity index (χ0v) is 21.5. The molecule has 5 heteroatoms. The lowest BCUT2D eigenvalue weighted by atomic mass is 9.84. The monoisotopic (exact) mass is 472 g/mol. The minimum absolute atomic E-state index is 0.173. The molecule has 3 rings (SSSR count). The Morgan fingerprint density at radius 1 is 0.771 bits per heavy atom. The number of nitrogens with one attached hydrogen (secondary N) is 2. The topological polar surface area (TPSA) is 67.4 Å². The van der Waals surface area contributed by atoms with E-state index in [1.165, 1.54) is 0 Å². The van der Waals surface area contributed by atoms with Crippen LogP contribution in [0.4, 0.5) is 0 Å². The van der Waals surface area contributed by atoms with Crippen LogP contribution >= 0.6 is 0 Å². The van der Waals surface area contributed by atoms with Gasteiger partial charge < -0.3 is 15.4 Å². The van der Waals surface area contributed by atoms with Gasteiger partial charge >= 0.3 is 0 Å². The van der Waals surface area contributed by atoms with Gasteiger partial charge in [-0.1, -0.05) is 88.4 Å². The molecule has 0 fully saturated rings. The van der Waals surface area contributed by atoms with Gasteiger partial charge in [0, 0.05) is 18.5 Å². The molecule has 0 saturated heterocycles. The number of amides is 2. The Hall–Kier alpha value is -3.60. The molecular formula is C30H36N2O3. The Morgan fingerprint density at radius 3 is 1.60 bits per heavy atom. The van der Waals surface area contributed by atoms with E-state index in [-0.39, 0.29) is 29.6 Å². The van der Waals surface area contributed by atoms with Crippen molar-refractivity contribution in [1.82, 2.24) is 10.6 Å². The van der Waals surface area contributed by atoms with Gasteiger partial charge in [-0.05, 0) is 46.2 Å². The molecule has 1 unspecified atom stereocenters. The maximum Gasteiger partial charge on any atom is 0.251 e. The predicted octanol–water partition coefficient (Wildman–Crippen LogP) is 5.62. The molecule has 184 valence electrons. The zero-order chi connectivity index (χ0) is 25.5. The van der Waals surface area contributed by atoms with E-state index in [2.05, 4.69) is 38.3 Å². The predicted molar refractivity (Wildman–Crippen MR) is 141 cm³/mol. The fourth-order valence-corrected chi connectivity index (χ4v) is 4.48. The molecule has 0 aromatic heterocycles. The second-order valence-electron chi connectivity index (χ2n) is 9.36. The molecule has 0 saturated carbocycles. The van der Waals surface area contributed by atoms with Gasteiger partial charge in [0.2, 0.25) is 5.91 Å². The molecule has 1 atom stereocenters. The highest BCUT2D eigenvalue weighted by Crippen LogP contribution is 2.36. The molecule has 0 radical (unpaired) electrons. The summed E-state index contributed by atoms with van der Waals surface area (Å²) >= 11 is 0. The largest absolute Gasteiger partial charge is 0.496 e. The lowest BCUT2D eigenvalue weighted by molar-refractivity contribution is -0.122. The van der Waals surface area contributed by atoms with Gasteiger partial charge in [0.25, 0.3) is 5.91 Å². The van der Waals surface area contributed by atoms with E-state index >= 15 is 0 Å². The van der Waals surface area contributed by atoms with Crippen molar-refractivity contribution in [3.05, 3.63) is 101 Å². The maximum atomic E-state index is 13.7. The molecule has 0 aliphatic carbocycles. The van der Waals surface area contributed by atoms with Crippen LogP contribution in [0.1, 0.15) is 78.1 Å². The number of carbonyl (C=O) groups excluding carboxylic acids is 2. The third kappa shape index (κ3) is 5.91. The highest BCUT2D eigenvalue weighted by molar-refractivity contribution is 5.98. The van der Waals surface area contributed by atoms with Gasteiger partial charge in [-0.15, -0.1) is 0 Å². The Bertz CT molecular complexity index is 1070. The van der Waals surface area contributed by atoms with E-state index in [4.69, 9.17) is 4.74 Å². The molecule has 0 aliphatic rings. The SMILES string of the molecule is CNC(=O)C(NC(=O)c1cc(C(C)C)c(OC)c(C(C)C)c1)C(c1ccccc1)c1ccccc1. The molecule has 0 spiro atoms. The fraction of sp³-hybridized carbons (Fsp3) is 0.333. The van der Waals surface area contributed by atoms with E-state index in [9.17, 15) is 9.59 Å². The highest BCUT2D eigenvalue weighted by atomic mass is 16.5. The van der Waals surface area contributed by atoms with Crippen molar-refractivity contribution < 1.29 is 14.3 Å². The average molecular weight is 473 g/mol. The summed E-state index contributed by atoms with van der Waals surface area (Å²) < 4.78 is 5.73. The molecule has 3 aromatic carbocycles. The standard InChI is InChI=1S/C30H36N2O3/c1-19(2)24-17-23(18-25(20(3)4)28(24)35-6)29(33)32-27(30(34)31-5)26(21-13-9-7-10-14-21)22-15-11-8-12-16-22/h7-20,26-27H,1-6H3,(H,31,34)(H,32,33). The number of benzene rings is 3. The summed E-state index contributed by atoms with van der Waals surface area (Å²) in [6.07, 6.45) is 0. The highest BCUT2D eigenvalue weighted by Gasteiger charge is 2.32. The van der Waals surface area contributed by atoms with Crippen LogP contribution in [0.5, 0.6) is 5.75 Å². The van der Waals surface area contributed by atoms with Crippen molar-refractivity contribution in [2.24, 2.45) is 0 Å². The summed E-state index contributed by atoms with van der Waals surface area (Å²) in [7, 11) is 3.26. The Balaban J connectivity index is 2.09. The van der Waals surface area contributed by atoms with Crippen LogP contribution < -0.4 is 15.4 Å². The van der Waals surface area contributed by atoms with Crippen LogP contribution in [0, 0.1) is 0 Å². The quantitative estimate of drug-likeness (QED) is 0.425. The van der Waals surface area contributed by atoms with Crippen LogP contribution in [0.25, 0.3) is 0 Å². The second kappa shape index (κ2) is 11.7. The molecular weight excluding hydrogens is 436 g/mol. The minimum Gasteiger partial charge on any atom is -0.496 e. The molecule has 3 aromatic rings. The van der Waals surface area contributed by atoms with Crippen molar-refractivity contribution in [1.29, 1.82) is 0 Å². The molecule has 0 heterocycles. The first-order valence-corrected chi connectivity index (χ1v) is 12.1. The molecule has 2 N–H and O–H groups in total. The van der Waals surface area contributed by atoms with Gasteiger partial charge in [-0.3, -0.25) is 9.59 Å². The molecule has 0 aliphatic heterocycles. The Kier molecular flexibility index (Phi) is 8.69. The first-order valence-electron chi connectivity index (χ1n) is 12.1. The van der Waals surface area contributed by atoms with Crippen molar-refractivity contribution in [3.63, 3.8) is 0 Å². The van der Waals surface area contributed by atoms with Crippen molar-refractivity contribution in [2.75, 3.05) is 14.2 Å². The maximum absolute atomic E-state index is 13.7. The summed E-state index contributed by atoms with van der Waals surface area (Å²) in [5, 5.41) is 5.80. The van der Waals surface area contributed by atoms with Gasteiger partial charge in [0.1, 0.15) is 11.8 Å². The van der Waals surface area contributed by atoms with E-state index in [0.29, 0.717) is 5.56 Å². The lowest BCUT2D eigenvalue weighted by Gasteiger charge is -2.28. The lowest BCUT2D eigenvalue weighted by Crippen LogP contribution is -2.49. The number of carbonyl (C=O) groups is 2. The number of rotatable bonds is 9. The van der Waals surface area contributed by atoms with Crippen molar-refractivity contribution in [3.8, 4) is 5.75 Å². The number of methoxy groups -OCH3 is 1. The summed E-state index contributed by atoms with van der Waals surface area (Å²) in [5.74, 6) is 0.270. The number of hydrogen-bond donors (Lipinski definition) is 2. The van der Waals surface area contributed by atoms with Crippen molar-refractivity contribution in [2.45, 2.75) is 51.5 Å². The van der Waals surface area contributed by atoms with E-state index in [1.807, 2.05) is 72.8 Å². The summed E-state index contributed by atoms with van der Waals surface area (Å²) in [4.78, 5) is 26.8. The van der Waals surface area contributed by atoms with Crippen LogP contribution in [0.15, 0.2) is 72.8 Å². The second-order valence-corrected chi connectivity index (χ2v) is 9.36. The summed E-state index contributed by atoms with van der Waals surface area (Å²) in [6, 6.07) is 22.6. The smallest absolute Gasteiger partial charge is 0.251 e. The normalized spacial score (nSPS) is 12.0. The van der Waals surface area contributed by atoms with E-state index < -0.39 is 6.04 Å². The van der Waals surface area contributed by atoms with Gasteiger partial charge in [-0.25, -0.2) is 0 Å². The first kappa shape index (κ1) is 26.0. The number of ether oxygens (including phenoxy) is 1. The molecule has 2 amide bonds. The Labute approximate surface area is 208 Å². The van der Waals surface area contributed by atoms with Crippen LogP contribution in [-0.4, -0.2) is 32.0 Å². The average Bonchev–Trinajstić information content (AvgIpc) is 2.88. The molecule has 0 bridgehead atoms.